The van der Waals surface area contributed by atoms with E-state index in [-0.39, 0.29) is 5.91 Å². The molecular weight excluding hydrogens is 268 g/mol. The fourth-order valence-corrected chi connectivity index (χ4v) is 2.19. The number of hydrogen-bond acceptors (Lipinski definition) is 3. The van der Waals surface area contributed by atoms with Crippen LogP contribution in [-0.4, -0.2) is 10.9 Å². The minimum Gasteiger partial charge on any atom is -0.350 e. The van der Waals surface area contributed by atoms with Gasteiger partial charge in [0.2, 0.25) is 5.91 Å². The number of amides is 1. The van der Waals surface area contributed by atoms with E-state index >= 15 is 0 Å². The quantitative estimate of drug-likeness (QED) is 0.915. The van der Waals surface area contributed by atoms with Crippen LogP contribution in [0.15, 0.2) is 35.8 Å². The number of carbonyl (C=O) groups excluding carboxylic acids is 1. The van der Waals surface area contributed by atoms with Crippen LogP contribution in [0.2, 0.25) is 5.02 Å². The van der Waals surface area contributed by atoms with E-state index in [4.69, 9.17) is 11.6 Å². The first-order chi connectivity index (χ1) is 8.74. The summed E-state index contributed by atoms with van der Waals surface area (Å²) in [4.78, 5) is 15.7. The summed E-state index contributed by atoms with van der Waals surface area (Å²) < 4.78 is 0. The third kappa shape index (κ3) is 4.13. The van der Waals surface area contributed by atoms with Crippen molar-refractivity contribution in [3.63, 3.8) is 0 Å². The van der Waals surface area contributed by atoms with Gasteiger partial charge in [-0.2, -0.15) is 0 Å². The first-order valence-corrected chi connectivity index (χ1v) is 6.89. The molecule has 1 aromatic heterocycles. The Kier molecular flexibility index (Phi) is 4.73. The molecule has 1 aromatic carbocycles. The normalized spacial score (nSPS) is 10.3. The van der Waals surface area contributed by atoms with Crippen LogP contribution in [0.25, 0.3) is 0 Å². The van der Waals surface area contributed by atoms with Crippen molar-refractivity contribution >= 4 is 28.8 Å². The summed E-state index contributed by atoms with van der Waals surface area (Å²) in [6.07, 6.45) is 2.94. The third-order valence-electron chi connectivity index (χ3n) is 2.47. The van der Waals surface area contributed by atoms with Crippen molar-refractivity contribution in [1.82, 2.24) is 10.3 Å². The van der Waals surface area contributed by atoms with E-state index in [0.717, 1.165) is 17.0 Å². The van der Waals surface area contributed by atoms with E-state index in [1.807, 2.05) is 29.6 Å². The Bertz CT molecular complexity index is 496. The van der Waals surface area contributed by atoms with Crippen molar-refractivity contribution in [2.45, 2.75) is 19.4 Å². The molecule has 0 unspecified atom stereocenters. The van der Waals surface area contributed by atoms with Crippen LogP contribution in [0.5, 0.6) is 0 Å². The number of benzene rings is 1. The molecule has 0 bridgehead atoms. The van der Waals surface area contributed by atoms with Gasteiger partial charge in [0.15, 0.2) is 0 Å². The zero-order valence-corrected chi connectivity index (χ0v) is 11.3. The maximum atomic E-state index is 11.6. The number of aryl methyl sites for hydroxylation is 1. The third-order valence-corrected chi connectivity index (χ3v) is 3.51. The number of hydrogen-bond donors (Lipinski definition) is 1. The van der Waals surface area contributed by atoms with Crippen molar-refractivity contribution in [2.24, 2.45) is 0 Å². The summed E-state index contributed by atoms with van der Waals surface area (Å²) >= 11 is 7.34. The summed E-state index contributed by atoms with van der Waals surface area (Å²) in [6.45, 7) is 0.511. The predicted molar refractivity (Wildman–Crippen MR) is 73.7 cm³/mol. The van der Waals surface area contributed by atoms with Gasteiger partial charge < -0.3 is 5.32 Å². The van der Waals surface area contributed by atoms with Gasteiger partial charge >= 0.3 is 0 Å². The van der Waals surface area contributed by atoms with Gasteiger partial charge in [-0.25, -0.2) is 4.98 Å². The average Bonchev–Trinajstić information content (AvgIpc) is 2.89. The van der Waals surface area contributed by atoms with Gasteiger partial charge in [-0.3, -0.25) is 4.79 Å². The summed E-state index contributed by atoms with van der Waals surface area (Å²) in [7, 11) is 0. The topological polar surface area (TPSA) is 42.0 Å². The lowest BCUT2D eigenvalue weighted by Crippen LogP contribution is -2.22. The van der Waals surface area contributed by atoms with Gasteiger partial charge in [0, 0.05) is 23.0 Å². The van der Waals surface area contributed by atoms with Crippen molar-refractivity contribution in [3.05, 3.63) is 51.4 Å². The van der Waals surface area contributed by atoms with E-state index in [2.05, 4.69) is 10.3 Å². The lowest BCUT2D eigenvalue weighted by Gasteiger charge is -2.03. The highest BCUT2D eigenvalue weighted by molar-refractivity contribution is 7.09. The number of carbonyl (C=O) groups is 1. The number of halogens is 1. The summed E-state index contributed by atoms with van der Waals surface area (Å²) in [5.74, 6) is 0.0418. The van der Waals surface area contributed by atoms with Crippen LogP contribution in [-0.2, 0) is 17.8 Å². The average molecular weight is 281 g/mol. The molecule has 18 heavy (non-hydrogen) atoms. The lowest BCUT2D eigenvalue weighted by atomic mass is 10.1. The monoisotopic (exact) mass is 280 g/mol. The molecule has 0 aliphatic carbocycles. The number of nitrogens with zero attached hydrogens (tertiary/aromatic N) is 1. The van der Waals surface area contributed by atoms with E-state index < -0.39 is 0 Å². The van der Waals surface area contributed by atoms with Crippen LogP contribution in [0.4, 0.5) is 0 Å². The Morgan fingerprint density at radius 3 is 2.78 bits per heavy atom. The van der Waals surface area contributed by atoms with Crippen LogP contribution in [0.1, 0.15) is 17.0 Å². The largest absolute Gasteiger partial charge is 0.350 e. The first-order valence-electron chi connectivity index (χ1n) is 5.63. The molecule has 2 aromatic rings. The Morgan fingerprint density at radius 1 is 1.33 bits per heavy atom. The highest BCUT2D eigenvalue weighted by Crippen LogP contribution is 2.11. The van der Waals surface area contributed by atoms with Gasteiger partial charge in [-0.1, -0.05) is 23.7 Å². The molecular formula is C13H13ClN2OS. The maximum Gasteiger partial charge on any atom is 0.220 e. The van der Waals surface area contributed by atoms with Crippen molar-refractivity contribution in [3.8, 4) is 0 Å². The highest BCUT2D eigenvalue weighted by atomic mass is 35.5. The molecule has 0 saturated heterocycles. The molecule has 1 amide bonds. The van der Waals surface area contributed by atoms with E-state index in [1.54, 1.807) is 17.5 Å². The van der Waals surface area contributed by atoms with Crippen LogP contribution in [0.3, 0.4) is 0 Å². The maximum absolute atomic E-state index is 11.6. The first kappa shape index (κ1) is 13.1. The number of thiazole rings is 1. The van der Waals surface area contributed by atoms with Gasteiger partial charge in [-0.15, -0.1) is 11.3 Å². The molecule has 0 aliphatic rings. The summed E-state index contributed by atoms with van der Waals surface area (Å²) in [6, 6.07) is 7.56. The second-order valence-corrected chi connectivity index (χ2v) is 5.24. The fraction of sp³-hybridized carbons (Fsp3) is 0.231. The zero-order valence-electron chi connectivity index (χ0n) is 9.73. The van der Waals surface area contributed by atoms with Crippen LogP contribution in [0, 0.1) is 0 Å². The SMILES string of the molecule is O=C(CCc1ccc(Cl)cc1)NCc1nccs1. The molecule has 2 rings (SSSR count). The van der Waals surface area contributed by atoms with Gasteiger partial charge in [-0.05, 0) is 24.1 Å². The minimum atomic E-state index is 0.0418. The highest BCUT2D eigenvalue weighted by Gasteiger charge is 2.03. The molecule has 0 aliphatic heterocycles. The van der Waals surface area contributed by atoms with Crippen LogP contribution < -0.4 is 5.32 Å². The molecule has 1 N–H and O–H groups in total. The number of rotatable bonds is 5. The lowest BCUT2D eigenvalue weighted by molar-refractivity contribution is -0.121. The van der Waals surface area contributed by atoms with Gasteiger partial charge in [0.25, 0.3) is 0 Å². The minimum absolute atomic E-state index is 0.0418. The zero-order chi connectivity index (χ0) is 12.8. The van der Waals surface area contributed by atoms with Gasteiger partial charge in [0.05, 0.1) is 6.54 Å². The molecule has 0 radical (unpaired) electrons. The van der Waals surface area contributed by atoms with E-state index in [0.29, 0.717) is 18.0 Å². The van der Waals surface area contributed by atoms with Crippen LogP contribution >= 0.6 is 22.9 Å². The molecule has 0 atom stereocenters. The fourth-order valence-electron chi connectivity index (χ4n) is 1.51. The smallest absolute Gasteiger partial charge is 0.220 e. The summed E-state index contributed by atoms with van der Waals surface area (Å²) in [5.41, 5.74) is 1.11. The van der Waals surface area contributed by atoms with Gasteiger partial charge in [0.1, 0.15) is 5.01 Å². The van der Waals surface area contributed by atoms with Crippen molar-refractivity contribution in [2.75, 3.05) is 0 Å². The number of aromatic nitrogens is 1. The standard InChI is InChI=1S/C13H13ClN2OS/c14-11-4-1-10(2-5-11)3-6-12(17)16-9-13-15-7-8-18-13/h1-2,4-5,7-8H,3,6,9H2,(H,16,17). The molecule has 3 nitrogen and oxygen atoms in total. The Labute approximate surface area is 115 Å². The summed E-state index contributed by atoms with van der Waals surface area (Å²) in [5, 5.41) is 6.39. The van der Waals surface area contributed by atoms with E-state index in [1.165, 1.54) is 0 Å². The van der Waals surface area contributed by atoms with Crippen molar-refractivity contribution < 1.29 is 4.79 Å². The second kappa shape index (κ2) is 6.52. The molecule has 5 heteroatoms. The Balaban J connectivity index is 1.73. The number of nitrogens with one attached hydrogen (secondary N) is 1. The molecule has 0 saturated carbocycles. The predicted octanol–water partition coefficient (Wildman–Crippen LogP) is 3.05. The molecule has 0 fully saturated rings. The van der Waals surface area contributed by atoms with Crippen molar-refractivity contribution in [1.29, 1.82) is 0 Å². The molecule has 1 heterocycles. The Hall–Kier alpha value is -1.39. The van der Waals surface area contributed by atoms with E-state index in [9.17, 15) is 4.79 Å². The molecule has 94 valence electrons. The molecule has 0 spiro atoms. The second-order valence-electron chi connectivity index (χ2n) is 3.83. The Morgan fingerprint density at radius 2 is 2.11 bits per heavy atom.